The van der Waals surface area contributed by atoms with E-state index in [9.17, 15) is 10.2 Å². The van der Waals surface area contributed by atoms with E-state index in [1.165, 1.54) is 0 Å². The molecule has 4 fully saturated rings. The van der Waals surface area contributed by atoms with E-state index in [-0.39, 0.29) is 30.0 Å². The van der Waals surface area contributed by atoms with Crippen molar-refractivity contribution in [3.05, 3.63) is 0 Å². The van der Waals surface area contributed by atoms with Crippen LogP contribution in [0.5, 0.6) is 0 Å². The number of aliphatic hydroxyl groups is 2. The van der Waals surface area contributed by atoms with Crippen molar-refractivity contribution in [2.45, 2.75) is 108 Å². The summed E-state index contributed by atoms with van der Waals surface area (Å²) in [6.45, 7) is 6.01. The monoisotopic (exact) mass is 398 g/mol. The average Bonchev–Trinajstić information content (AvgIpc) is 2.75. The summed E-state index contributed by atoms with van der Waals surface area (Å²) in [6, 6.07) is 0. The first kappa shape index (κ1) is 21.0. The second-order valence-electron chi connectivity index (χ2n) is 9.92. The molecule has 0 aromatic heterocycles. The Labute approximate surface area is 168 Å². The number of hydrogen-bond donors (Lipinski definition) is 2. The Hall–Kier alpha value is -0.240. The van der Waals surface area contributed by atoms with Crippen LogP contribution < -0.4 is 0 Å². The third kappa shape index (κ3) is 3.54. The Kier molecular flexibility index (Phi) is 5.84. The van der Waals surface area contributed by atoms with Gasteiger partial charge in [0.05, 0.1) is 12.2 Å². The molecule has 6 heteroatoms. The van der Waals surface area contributed by atoms with Crippen LogP contribution in [0, 0.1) is 23.7 Å². The van der Waals surface area contributed by atoms with Gasteiger partial charge in [-0.3, -0.25) is 0 Å². The second-order valence-corrected chi connectivity index (χ2v) is 9.92. The summed E-state index contributed by atoms with van der Waals surface area (Å²) in [5.41, 5.74) is -1.08. The van der Waals surface area contributed by atoms with Crippen LogP contribution in [0.3, 0.4) is 0 Å². The molecule has 2 N–H and O–H groups in total. The van der Waals surface area contributed by atoms with Crippen molar-refractivity contribution < 1.29 is 29.2 Å². The van der Waals surface area contributed by atoms with Crippen LogP contribution in [-0.2, 0) is 18.9 Å². The molecule has 0 radical (unpaired) electrons. The molecule has 2 heterocycles. The molecule has 10 atom stereocenters. The van der Waals surface area contributed by atoms with Gasteiger partial charge in [-0.25, -0.2) is 0 Å². The molecule has 0 aromatic carbocycles. The summed E-state index contributed by atoms with van der Waals surface area (Å²) in [5, 5.41) is 22.6. The van der Waals surface area contributed by atoms with E-state index in [0.717, 1.165) is 44.9 Å². The maximum absolute atomic E-state index is 11.9. The summed E-state index contributed by atoms with van der Waals surface area (Å²) in [5.74, 6) is -0.758. The highest BCUT2D eigenvalue weighted by molar-refractivity contribution is 5.07. The molecule has 28 heavy (non-hydrogen) atoms. The first-order valence-electron chi connectivity index (χ1n) is 11.2. The van der Waals surface area contributed by atoms with Gasteiger partial charge < -0.3 is 29.2 Å². The first-order chi connectivity index (χ1) is 13.3. The van der Waals surface area contributed by atoms with Crippen molar-refractivity contribution in [1.82, 2.24) is 0 Å². The standard InChI is InChI=1S/C22H38O6/c1-13-9-10-16-14(2)19(26-18-8-6-5-7-17(18)25-4)27-20-22(16,24)15(13)11-12-21(3,23)28-20/h13-20,23-24H,5-12H2,1-4H3/t13-,14-,15?,16?,17?,18?,19?,20-,21?,22-/m1/s1. The summed E-state index contributed by atoms with van der Waals surface area (Å²) >= 11 is 0. The Morgan fingerprint density at radius 3 is 2.36 bits per heavy atom. The van der Waals surface area contributed by atoms with Gasteiger partial charge in [0.15, 0.2) is 18.4 Å². The van der Waals surface area contributed by atoms with Gasteiger partial charge >= 0.3 is 0 Å². The Balaban J connectivity index is 1.60. The molecule has 2 saturated heterocycles. The SMILES string of the molecule is COC1CCCCC1OC1O[C@@H]2OC(C)(O)CCC3[C@H](C)CCC([C@H]1C)[C@]32O. The topological polar surface area (TPSA) is 77.4 Å². The fraction of sp³-hybridized carbons (Fsp3) is 1.00. The van der Waals surface area contributed by atoms with E-state index in [2.05, 4.69) is 13.8 Å². The van der Waals surface area contributed by atoms with E-state index >= 15 is 0 Å². The lowest BCUT2D eigenvalue weighted by Gasteiger charge is -2.57. The highest BCUT2D eigenvalue weighted by Gasteiger charge is 2.63. The van der Waals surface area contributed by atoms with Crippen molar-refractivity contribution in [3.63, 3.8) is 0 Å². The van der Waals surface area contributed by atoms with Crippen LogP contribution in [0.2, 0.25) is 0 Å². The van der Waals surface area contributed by atoms with Crippen molar-refractivity contribution in [1.29, 1.82) is 0 Å². The van der Waals surface area contributed by atoms with Crippen molar-refractivity contribution in [2.75, 3.05) is 7.11 Å². The second kappa shape index (κ2) is 7.78. The molecule has 0 aromatic rings. The molecule has 6 unspecified atom stereocenters. The van der Waals surface area contributed by atoms with Crippen molar-refractivity contribution in [3.8, 4) is 0 Å². The lowest BCUT2D eigenvalue weighted by molar-refractivity contribution is -0.414. The molecule has 0 bridgehead atoms. The van der Waals surface area contributed by atoms with E-state index < -0.39 is 24.0 Å². The molecular weight excluding hydrogens is 360 g/mol. The van der Waals surface area contributed by atoms with Crippen LogP contribution in [0.25, 0.3) is 0 Å². The van der Waals surface area contributed by atoms with Crippen LogP contribution in [0.15, 0.2) is 0 Å². The number of rotatable bonds is 3. The Morgan fingerprint density at radius 1 is 0.929 bits per heavy atom. The normalized spacial score (nSPS) is 54.6. The van der Waals surface area contributed by atoms with E-state index in [1.807, 2.05) is 0 Å². The maximum Gasteiger partial charge on any atom is 0.193 e. The van der Waals surface area contributed by atoms with E-state index in [1.54, 1.807) is 14.0 Å². The first-order valence-corrected chi connectivity index (χ1v) is 11.2. The van der Waals surface area contributed by atoms with Crippen LogP contribution >= 0.6 is 0 Å². The maximum atomic E-state index is 11.9. The average molecular weight is 399 g/mol. The van der Waals surface area contributed by atoms with Gasteiger partial charge in [0.1, 0.15) is 5.60 Å². The van der Waals surface area contributed by atoms with Gasteiger partial charge in [-0.15, -0.1) is 0 Å². The van der Waals surface area contributed by atoms with Crippen molar-refractivity contribution >= 4 is 0 Å². The lowest BCUT2D eigenvalue weighted by atomic mass is 9.58. The van der Waals surface area contributed by atoms with Gasteiger partial charge in [-0.05, 0) is 50.9 Å². The largest absolute Gasteiger partial charge is 0.384 e. The summed E-state index contributed by atoms with van der Waals surface area (Å²) in [7, 11) is 1.75. The minimum absolute atomic E-state index is 0.00184. The van der Waals surface area contributed by atoms with Gasteiger partial charge in [-0.2, -0.15) is 0 Å². The zero-order valence-corrected chi connectivity index (χ0v) is 17.8. The number of ether oxygens (including phenoxy) is 4. The lowest BCUT2D eigenvalue weighted by Crippen LogP contribution is -2.67. The number of hydrogen-bond acceptors (Lipinski definition) is 6. The molecule has 0 spiro atoms. The predicted octanol–water partition coefficient (Wildman–Crippen LogP) is 3.19. The van der Waals surface area contributed by atoms with E-state index in [4.69, 9.17) is 18.9 Å². The molecule has 162 valence electrons. The Bertz CT molecular complexity index is 553. The summed E-state index contributed by atoms with van der Waals surface area (Å²) < 4.78 is 24.4. The fourth-order valence-corrected chi connectivity index (χ4v) is 6.35. The van der Waals surface area contributed by atoms with Gasteiger partial charge in [0, 0.05) is 25.4 Å². The molecule has 6 nitrogen and oxygen atoms in total. The highest BCUT2D eigenvalue weighted by Crippen LogP contribution is 2.56. The van der Waals surface area contributed by atoms with E-state index in [0.29, 0.717) is 12.3 Å². The zero-order chi connectivity index (χ0) is 20.1. The quantitative estimate of drug-likeness (QED) is 0.760. The third-order valence-corrected chi connectivity index (χ3v) is 8.04. The van der Waals surface area contributed by atoms with Crippen molar-refractivity contribution in [2.24, 2.45) is 23.7 Å². The zero-order valence-electron chi connectivity index (χ0n) is 17.8. The predicted molar refractivity (Wildman–Crippen MR) is 103 cm³/mol. The minimum atomic E-state index is -1.30. The summed E-state index contributed by atoms with van der Waals surface area (Å²) in [6.07, 6.45) is 6.28. The van der Waals surface area contributed by atoms with Crippen LogP contribution in [0.1, 0.15) is 72.1 Å². The minimum Gasteiger partial charge on any atom is -0.384 e. The molecule has 2 aliphatic heterocycles. The van der Waals surface area contributed by atoms with Gasteiger partial charge in [-0.1, -0.05) is 26.7 Å². The molecule has 0 amide bonds. The fourth-order valence-electron chi connectivity index (χ4n) is 6.35. The molecule has 4 rings (SSSR count). The van der Waals surface area contributed by atoms with Gasteiger partial charge in [0.25, 0.3) is 0 Å². The Morgan fingerprint density at radius 2 is 1.64 bits per heavy atom. The van der Waals surface area contributed by atoms with Crippen LogP contribution in [0.4, 0.5) is 0 Å². The number of methoxy groups -OCH3 is 1. The third-order valence-electron chi connectivity index (χ3n) is 8.04. The van der Waals surface area contributed by atoms with Gasteiger partial charge in [0.2, 0.25) is 0 Å². The van der Waals surface area contributed by atoms with Crippen LogP contribution in [-0.4, -0.2) is 53.5 Å². The molecule has 2 saturated carbocycles. The summed E-state index contributed by atoms with van der Waals surface area (Å²) in [4.78, 5) is 0. The molecule has 2 aliphatic carbocycles. The highest BCUT2D eigenvalue weighted by atomic mass is 16.8. The smallest absolute Gasteiger partial charge is 0.193 e. The molecular formula is C22H38O6. The molecule has 4 aliphatic rings.